The Morgan fingerprint density at radius 1 is 1.06 bits per heavy atom. The van der Waals surface area contributed by atoms with Crippen LogP contribution in [0.2, 0.25) is 5.02 Å². The summed E-state index contributed by atoms with van der Waals surface area (Å²) in [6.45, 7) is 5.95. The molecule has 0 spiro atoms. The van der Waals surface area contributed by atoms with Crippen molar-refractivity contribution in [2.75, 3.05) is 13.1 Å². The highest BCUT2D eigenvalue weighted by molar-refractivity contribution is 6.30. The predicted octanol–water partition coefficient (Wildman–Crippen LogP) is 2.98. The van der Waals surface area contributed by atoms with Gasteiger partial charge in [-0.2, -0.15) is 4.80 Å². The van der Waals surface area contributed by atoms with Crippen LogP contribution in [0.4, 0.5) is 0 Å². The van der Waals surface area contributed by atoms with Crippen LogP contribution in [0, 0.1) is 0 Å². The third kappa shape index (κ3) is 7.16. The first-order chi connectivity index (χ1) is 15.2. The molecule has 0 radical (unpaired) electrons. The van der Waals surface area contributed by atoms with E-state index in [0.29, 0.717) is 23.8 Å². The van der Waals surface area contributed by atoms with Crippen LogP contribution in [0.3, 0.4) is 0 Å². The summed E-state index contributed by atoms with van der Waals surface area (Å²) in [4.78, 5) is 28.3. The van der Waals surface area contributed by atoms with E-state index in [0.717, 1.165) is 11.1 Å². The maximum atomic E-state index is 13.0. The van der Waals surface area contributed by atoms with Gasteiger partial charge in [-0.1, -0.05) is 41.9 Å². The molecule has 168 valence electrons. The number of rotatable bonds is 8. The second-order valence-corrected chi connectivity index (χ2v) is 8.94. The molecule has 0 saturated heterocycles. The Bertz CT molecular complexity index is 1040. The summed E-state index contributed by atoms with van der Waals surface area (Å²) in [7, 11) is 0. The van der Waals surface area contributed by atoms with Gasteiger partial charge < -0.3 is 10.2 Å². The van der Waals surface area contributed by atoms with E-state index in [9.17, 15) is 9.59 Å². The molecule has 0 bridgehead atoms. The third-order valence-electron chi connectivity index (χ3n) is 4.55. The quantitative estimate of drug-likeness (QED) is 0.564. The molecule has 3 aromatic rings. The molecule has 2 aromatic carbocycles. The van der Waals surface area contributed by atoms with Crippen LogP contribution in [-0.4, -0.2) is 55.5 Å². The number of carbonyl (C=O) groups is 2. The largest absolute Gasteiger partial charge is 0.350 e. The topological polar surface area (TPSA) is 93.0 Å². The van der Waals surface area contributed by atoms with Crippen molar-refractivity contribution in [3.8, 4) is 11.4 Å². The van der Waals surface area contributed by atoms with Gasteiger partial charge in [0.2, 0.25) is 17.6 Å². The Labute approximate surface area is 192 Å². The minimum absolute atomic E-state index is 0.0400. The van der Waals surface area contributed by atoms with Crippen molar-refractivity contribution in [3.63, 3.8) is 0 Å². The average molecular weight is 455 g/mol. The van der Waals surface area contributed by atoms with Crippen LogP contribution in [0.25, 0.3) is 11.4 Å². The van der Waals surface area contributed by atoms with E-state index < -0.39 is 0 Å². The van der Waals surface area contributed by atoms with Gasteiger partial charge in [0.1, 0.15) is 6.54 Å². The fraction of sp³-hybridized carbons (Fsp3) is 0.348. The molecule has 0 aliphatic heterocycles. The summed E-state index contributed by atoms with van der Waals surface area (Å²) < 4.78 is 0. The lowest BCUT2D eigenvalue weighted by atomic mass is 10.1. The lowest BCUT2D eigenvalue weighted by molar-refractivity contribution is -0.137. The maximum absolute atomic E-state index is 13.0. The average Bonchev–Trinajstić information content (AvgIpc) is 3.19. The highest BCUT2D eigenvalue weighted by Gasteiger charge is 2.21. The molecule has 0 saturated carbocycles. The fourth-order valence-electron chi connectivity index (χ4n) is 3.08. The number of nitrogens with zero attached hydrogens (tertiary/aromatic N) is 5. The second kappa shape index (κ2) is 10.4. The first-order valence-electron chi connectivity index (χ1n) is 10.4. The Hall–Kier alpha value is -3.26. The fourth-order valence-corrected chi connectivity index (χ4v) is 3.20. The smallest absolute Gasteiger partial charge is 0.246 e. The first kappa shape index (κ1) is 23.4. The van der Waals surface area contributed by atoms with Gasteiger partial charge in [0.25, 0.3) is 0 Å². The highest BCUT2D eigenvalue weighted by atomic mass is 35.5. The van der Waals surface area contributed by atoms with Gasteiger partial charge >= 0.3 is 0 Å². The van der Waals surface area contributed by atoms with Gasteiger partial charge in [0.15, 0.2) is 0 Å². The minimum atomic E-state index is -0.383. The summed E-state index contributed by atoms with van der Waals surface area (Å²) in [5, 5.41) is 15.8. The van der Waals surface area contributed by atoms with Crippen LogP contribution in [-0.2, 0) is 22.6 Å². The highest BCUT2D eigenvalue weighted by Crippen LogP contribution is 2.17. The Balaban J connectivity index is 1.69. The molecular weight excluding hydrogens is 428 g/mol. The Morgan fingerprint density at radius 3 is 2.41 bits per heavy atom. The summed E-state index contributed by atoms with van der Waals surface area (Å²) in [6.07, 6.45) is 0.635. The van der Waals surface area contributed by atoms with E-state index in [-0.39, 0.29) is 30.4 Å². The number of benzene rings is 2. The number of tetrazole rings is 1. The molecule has 0 unspecified atom stereocenters. The SMILES string of the molecule is CC(C)(C)NC(=O)CN(CCc1ccccc1)C(=O)Cn1nnc(-c2ccc(Cl)cc2)n1. The molecule has 2 amide bonds. The lowest BCUT2D eigenvalue weighted by Gasteiger charge is -2.26. The van der Waals surface area contributed by atoms with Gasteiger partial charge in [0.05, 0.1) is 6.54 Å². The normalized spacial score (nSPS) is 11.2. The summed E-state index contributed by atoms with van der Waals surface area (Å²) >= 11 is 5.92. The van der Waals surface area contributed by atoms with Crippen molar-refractivity contribution >= 4 is 23.4 Å². The number of carbonyl (C=O) groups excluding carboxylic acids is 2. The van der Waals surface area contributed by atoms with Crippen LogP contribution in [0.5, 0.6) is 0 Å². The maximum Gasteiger partial charge on any atom is 0.246 e. The summed E-state index contributed by atoms with van der Waals surface area (Å²) in [5.41, 5.74) is 1.45. The molecule has 9 heteroatoms. The number of hydrogen-bond donors (Lipinski definition) is 1. The molecule has 0 aliphatic rings. The van der Waals surface area contributed by atoms with Crippen molar-refractivity contribution in [3.05, 3.63) is 65.2 Å². The molecular formula is C23H27ClN6O2. The molecule has 3 rings (SSSR count). The van der Waals surface area contributed by atoms with Gasteiger partial charge in [0, 0.05) is 22.7 Å². The molecule has 1 N–H and O–H groups in total. The second-order valence-electron chi connectivity index (χ2n) is 8.50. The number of halogens is 1. The lowest BCUT2D eigenvalue weighted by Crippen LogP contribution is -2.48. The summed E-state index contributed by atoms with van der Waals surface area (Å²) in [6, 6.07) is 16.9. The van der Waals surface area contributed by atoms with Crippen molar-refractivity contribution < 1.29 is 9.59 Å². The zero-order valence-corrected chi connectivity index (χ0v) is 19.2. The molecule has 0 aliphatic carbocycles. The van der Waals surface area contributed by atoms with E-state index in [1.54, 1.807) is 24.3 Å². The minimum Gasteiger partial charge on any atom is -0.350 e. The van der Waals surface area contributed by atoms with Crippen LogP contribution >= 0.6 is 11.6 Å². The number of aromatic nitrogens is 4. The number of amides is 2. The first-order valence-corrected chi connectivity index (χ1v) is 10.7. The Morgan fingerprint density at radius 2 is 1.75 bits per heavy atom. The van der Waals surface area contributed by atoms with Gasteiger partial charge in [-0.25, -0.2) is 0 Å². The molecule has 0 fully saturated rings. The molecule has 0 atom stereocenters. The van der Waals surface area contributed by atoms with Crippen LogP contribution in [0.15, 0.2) is 54.6 Å². The van der Waals surface area contributed by atoms with Crippen molar-refractivity contribution in [1.29, 1.82) is 0 Å². The van der Waals surface area contributed by atoms with Gasteiger partial charge in [-0.15, -0.1) is 10.2 Å². The van der Waals surface area contributed by atoms with E-state index in [1.165, 1.54) is 9.70 Å². The van der Waals surface area contributed by atoms with E-state index in [2.05, 4.69) is 20.7 Å². The number of hydrogen-bond acceptors (Lipinski definition) is 5. The zero-order chi connectivity index (χ0) is 23.1. The van der Waals surface area contributed by atoms with E-state index >= 15 is 0 Å². The predicted molar refractivity (Wildman–Crippen MR) is 123 cm³/mol. The summed E-state index contributed by atoms with van der Waals surface area (Å²) in [5.74, 6) is -0.0758. The van der Waals surface area contributed by atoms with Crippen molar-refractivity contribution in [2.24, 2.45) is 0 Å². The van der Waals surface area contributed by atoms with E-state index in [4.69, 9.17) is 11.6 Å². The van der Waals surface area contributed by atoms with E-state index in [1.807, 2.05) is 51.1 Å². The van der Waals surface area contributed by atoms with Crippen molar-refractivity contribution in [1.82, 2.24) is 30.4 Å². The molecule has 1 aromatic heterocycles. The van der Waals surface area contributed by atoms with Crippen LogP contribution in [0.1, 0.15) is 26.3 Å². The molecule has 1 heterocycles. The number of nitrogens with one attached hydrogen (secondary N) is 1. The van der Waals surface area contributed by atoms with Gasteiger partial charge in [-0.3, -0.25) is 9.59 Å². The van der Waals surface area contributed by atoms with Gasteiger partial charge in [-0.05, 0) is 62.2 Å². The zero-order valence-electron chi connectivity index (χ0n) is 18.5. The molecule has 8 nitrogen and oxygen atoms in total. The molecule has 32 heavy (non-hydrogen) atoms. The third-order valence-corrected chi connectivity index (χ3v) is 4.80. The standard InChI is InChI=1S/C23H27ClN6O2/c1-23(2,3)25-20(31)15-29(14-13-17-7-5-4-6-8-17)21(32)16-30-27-22(26-28-30)18-9-11-19(24)12-10-18/h4-12H,13-16H2,1-3H3,(H,25,31). The van der Waals surface area contributed by atoms with Crippen molar-refractivity contribution in [2.45, 2.75) is 39.3 Å². The Kier molecular flexibility index (Phi) is 7.58. The monoisotopic (exact) mass is 454 g/mol. The van der Waals surface area contributed by atoms with Crippen LogP contribution < -0.4 is 5.32 Å².